The van der Waals surface area contributed by atoms with E-state index in [2.05, 4.69) is 27.1 Å². The predicted molar refractivity (Wildman–Crippen MR) is 112 cm³/mol. The number of aromatic nitrogens is 1. The van der Waals surface area contributed by atoms with Gasteiger partial charge in [0.15, 0.2) is 5.96 Å². The molecule has 0 saturated carbocycles. The molecule has 1 atom stereocenters. The zero-order valence-corrected chi connectivity index (χ0v) is 17.1. The topological polar surface area (TPSA) is 60.8 Å². The summed E-state index contributed by atoms with van der Waals surface area (Å²) in [5.41, 5.74) is 1.91. The van der Waals surface area contributed by atoms with E-state index < -0.39 is 0 Å². The fraction of sp³-hybridized carbons (Fsp3) is 0.381. The molecule has 1 aromatic heterocycles. The average Bonchev–Trinajstić information content (AvgIpc) is 2.69. The average molecular weight is 400 g/mol. The second kappa shape index (κ2) is 9.55. The van der Waals surface area contributed by atoms with Gasteiger partial charge >= 0.3 is 0 Å². The monoisotopic (exact) mass is 399 g/mol. The Morgan fingerprint density at radius 3 is 2.82 bits per heavy atom. The van der Waals surface area contributed by atoms with Crippen molar-refractivity contribution in [1.82, 2.24) is 20.1 Å². The minimum absolute atomic E-state index is 0.105. The number of aliphatic imine (C=N–C) groups is 1. The van der Waals surface area contributed by atoms with Gasteiger partial charge in [0.05, 0.1) is 18.7 Å². The third kappa shape index (κ3) is 5.23. The van der Waals surface area contributed by atoms with Crippen LogP contribution in [0.25, 0.3) is 0 Å². The number of halogens is 1. The first kappa shape index (κ1) is 20.1. The van der Waals surface area contributed by atoms with Crippen molar-refractivity contribution in [2.24, 2.45) is 4.99 Å². The van der Waals surface area contributed by atoms with E-state index >= 15 is 0 Å². The molecule has 1 N–H and O–H groups in total. The molecule has 28 heavy (non-hydrogen) atoms. The molecule has 0 radical (unpaired) electrons. The Hall–Kier alpha value is -2.60. The number of guanidine groups is 1. The number of rotatable bonds is 4. The van der Waals surface area contributed by atoms with Crippen LogP contribution in [0.1, 0.15) is 18.2 Å². The smallest absolute Gasteiger partial charge is 0.227 e. The highest BCUT2D eigenvalue weighted by molar-refractivity contribution is 6.30. The molecule has 1 saturated heterocycles. The largest absolute Gasteiger partial charge is 0.351 e. The van der Waals surface area contributed by atoms with Crippen molar-refractivity contribution in [3.8, 4) is 0 Å². The van der Waals surface area contributed by atoms with Crippen LogP contribution >= 0.6 is 11.6 Å². The zero-order chi connectivity index (χ0) is 19.9. The molecule has 3 rings (SSSR count). The molecule has 0 bridgehead atoms. The Morgan fingerprint density at radius 1 is 1.29 bits per heavy atom. The molecular formula is C21H26ClN5O. The van der Waals surface area contributed by atoms with Gasteiger partial charge in [-0.25, -0.2) is 0 Å². The Morgan fingerprint density at radius 2 is 2.14 bits per heavy atom. The predicted octanol–water partition coefficient (Wildman–Crippen LogP) is 2.59. The van der Waals surface area contributed by atoms with Gasteiger partial charge in [0.2, 0.25) is 5.91 Å². The van der Waals surface area contributed by atoms with Crippen molar-refractivity contribution in [1.29, 1.82) is 0 Å². The molecule has 148 valence electrons. The lowest BCUT2D eigenvalue weighted by Crippen LogP contribution is -2.57. The molecule has 1 aliphatic heterocycles. The van der Waals surface area contributed by atoms with Crippen LogP contribution in [0, 0.1) is 0 Å². The van der Waals surface area contributed by atoms with Gasteiger partial charge in [-0.3, -0.25) is 14.8 Å². The van der Waals surface area contributed by atoms with E-state index in [1.54, 1.807) is 13.2 Å². The number of pyridine rings is 1. The van der Waals surface area contributed by atoms with Gasteiger partial charge in [0.1, 0.15) is 0 Å². The van der Waals surface area contributed by atoms with E-state index in [4.69, 9.17) is 11.6 Å². The van der Waals surface area contributed by atoms with Gasteiger partial charge < -0.3 is 15.1 Å². The minimum Gasteiger partial charge on any atom is -0.351 e. The summed E-state index contributed by atoms with van der Waals surface area (Å²) in [6.07, 6.45) is 2.16. The zero-order valence-electron chi connectivity index (χ0n) is 16.3. The summed E-state index contributed by atoms with van der Waals surface area (Å²) in [6.45, 7) is 4.85. The third-order valence-corrected chi connectivity index (χ3v) is 5.09. The van der Waals surface area contributed by atoms with Crippen LogP contribution in [0.3, 0.4) is 0 Å². The lowest BCUT2D eigenvalue weighted by molar-refractivity contribution is -0.134. The maximum Gasteiger partial charge on any atom is 0.227 e. The summed E-state index contributed by atoms with van der Waals surface area (Å²) in [5.74, 6) is 0.963. The van der Waals surface area contributed by atoms with Crippen molar-refractivity contribution >= 4 is 23.5 Å². The SMILES string of the molecule is CN=C(NCc1ccccn1)N1CCN(C(=O)Cc2cccc(Cl)c2)C(C)C1. The number of piperazine rings is 1. The van der Waals surface area contributed by atoms with Crippen LogP contribution in [0.4, 0.5) is 0 Å². The van der Waals surface area contributed by atoms with Crippen LogP contribution in [-0.2, 0) is 17.8 Å². The Balaban J connectivity index is 1.55. The molecule has 0 aliphatic carbocycles. The number of nitrogens with zero attached hydrogens (tertiary/aromatic N) is 4. The molecule has 2 aromatic rings. The van der Waals surface area contributed by atoms with E-state index in [9.17, 15) is 4.79 Å². The maximum atomic E-state index is 12.8. The number of carbonyl (C=O) groups excluding carboxylic acids is 1. The van der Waals surface area contributed by atoms with Crippen molar-refractivity contribution in [2.75, 3.05) is 26.7 Å². The fourth-order valence-electron chi connectivity index (χ4n) is 3.45. The molecule has 1 amide bonds. The van der Waals surface area contributed by atoms with Crippen LogP contribution < -0.4 is 5.32 Å². The normalized spacial score (nSPS) is 17.5. The van der Waals surface area contributed by atoms with Gasteiger partial charge in [-0.1, -0.05) is 29.8 Å². The Bertz CT molecular complexity index is 827. The Labute approximate surface area is 171 Å². The fourth-order valence-corrected chi connectivity index (χ4v) is 3.66. The number of benzene rings is 1. The Kier molecular flexibility index (Phi) is 6.87. The standard InChI is InChI=1S/C21H26ClN5O/c1-16-15-26(21(23-2)25-14-19-8-3-4-9-24-19)10-11-27(16)20(28)13-17-6-5-7-18(22)12-17/h3-9,12,16H,10-11,13-15H2,1-2H3,(H,23,25). The van der Waals surface area contributed by atoms with E-state index in [0.29, 0.717) is 24.5 Å². The summed E-state index contributed by atoms with van der Waals surface area (Å²) >= 11 is 6.03. The molecule has 1 unspecified atom stereocenters. The van der Waals surface area contributed by atoms with E-state index in [1.807, 2.05) is 47.4 Å². The summed E-state index contributed by atoms with van der Waals surface area (Å²) in [4.78, 5) is 25.6. The van der Waals surface area contributed by atoms with Gasteiger partial charge in [-0.15, -0.1) is 0 Å². The van der Waals surface area contributed by atoms with Crippen LogP contribution in [0.5, 0.6) is 0 Å². The van der Waals surface area contributed by atoms with Crippen molar-refractivity contribution in [3.63, 3.8) is 0 Å². The van der Waals surface area contributed by atoms with Crippen LogP contribution in [-0.4, -0.2) is 59.4 Å². The van der Waals surface area contributed by atoms with E-state index in [0.717, 1.165) is 30.3 Å². The van der Waals surface area contributed by atoms with Crippen molar-refractivity contribution < 1.29 is 4.79 Å². The number of hydrogen-bond donors (Lipinski definition) is 1. The van der Waals surface area contributed by atoms with Crippen LogP contribution in [0.2, 0.25) is 5.02 Å². The van der Waals surface area contributed by atoms with Gasteiger partial charge in [0, 0.05) is 43.9 Å². The first-order valence-corrected chi connectivity index (χ1v) is 9.84. The van der Waals surface area contributed by atoms with E-state index in [1.165, 1.54) is 0 Å². The third-order valence-electron chi connectivity index (χ3n) is 4.86. The molecule has 1 aliphatic rings. The molecule has 6 nitrogen and oxygen atoms in total. The van der Waals surface area contributed by atoms with Crippen molar-refractivity contribution in [2.45, 2.75) is 25.9 Å². The second-order valence-electron chi connectivity index (χ2n) is 6.91. The van der Waals surface area contributed by atoms with Gasteiger partial charge in [0.25, 0.3) is 0 Å². The molecule has 2 heterocycles. The summed E-state index contributed by atoms with van der Waals surface area (Å²) < 4.78 is 0. The maximum absolute atomic E-state index is 12.8. The summed E-state index contributed by atoms with van der Waals surface area (Å²) in [7, 11) is 1.78. The quantitative estimate of drug-likeness (QED) is 0.634. The molecule has 7 heteroatoms. The van der Waals surface area contributed by atoms with Crippen LogP contribution in [0.15, 0.2) is 53.7 Å². The second-order valence-corrected chi connectivity index (χ2v) is 7.35. The minimum atomic E-state index is 0.105. The number of amides is 1. The van der Waals surface area contributed by atoms with Gasteiger partial charge in [-0.05, 0) is 36.8 Å². The highest BCUT2D eigenvalue weighted by atomic mass is 35.5. The molecule has 1 fully saturated rings. The highest BCUT2D eigenvalue weighted by Gasteiger charge is 2.28. The lowest BCUT2D eigenvalue weighted by Gasteiger charge is -2.41. The first-order chi connectivity index (χ1) is 13.6. The van der Waals surface area contributed by atoms with Gasteiger partial charge in [-0.2, -0.15) is 0 Å². The number of carbonyl (C=O) groups is 1. The molecular weight excluding hydrogens is 374 g/mol. The van der Waals surface area contributed by atoms with Crippen molar-refractivity contribution in [3.05, 3.63) is 64.9 Å². The number of hydrogen-bond acceptors (Lipinski definition) is 3. The first-order valence-electron chi connectivity index (χ1n) is 9.46. The molecule has 0 spiro atoms. The summed E-state index contributed by atoms with van der Waals surface area (Å²) in [6, 6.07) is 13.4. The summed E-state index contributed by atoms with van der Waals surface area (Å²) in [5, 5.41) is 4.02. The number of nitrogens with one attached hydrogen (secondary N) is 1. The highest BCUT2D eigenvalue weighted by Crippen LogP contribution is 2.15. The van der Waals surface area contributed by atoms with E-state index in [-0.39, 0.29) is 11.9 Å². The lowest BCUT2D eigenvalue weighted by atomic mass is 10.1. The molecule has 1 aromatic carbocycles.